The van der Waals surface area contributed by atoms with Gasteiger partial charge in [-0.25, -0.2) is 0 Å². The van der Waals surface area contributed by atoms with Gasteiger partial charge in [-0.05, 0) is 51.1 Å². The Labute approximate surface area is 94.4 Å². The van der Waals surface area contributed by atoms with Gasteiger partial charge < -0.3 is 10.2 Å². The van der Waals surface area contributed by atoms with Gasteiger partial charge in [0.2, 0.25) is 0 Å². The minimum atomic E-state index is 0.349. The van der Waals surface area contributed by atoms with Crippen molar-refractivity contribution in [3.63, 3.8) is 0 Å². The smallest absolute Gasteiger partial charge is 0.0277 e. The van der Waals surface area contributed by atoms with Gasteiger partial charge in [-0.2, -0.15) is 0 Å². The average molecular weight is 210 g/mol. The van der Waals surface area contributed by atoms with Crippen LogP contribution in [0.25, 0.3) is 0 Å². The summed E-state index contributed by atoms with van der Waals surface area (Å²) in [7, 11) is 0. The molecule has 2 fully saturated rings. The van der Waals surface area contributed by atoms with Crippen molar-refractivity contribution in [2.75, 3.05) is 26.2 Å². The molecule has 0 spiro atoms. The molecule has 2 rings (SSSR count). The van der Waals surface area contributed by atoms with Gasteiger partial charge in [0.05, 0.1) is 0 Å². The Balaban J connectivity index is 1.92. The summed E-state index contributed by atoms with van der Waals surface area (Å²) in [6.07, 6.45) is 5.44. The Bertz CT molecular complexity index is 223. The molecule has 1 N–H and O–H groups in total. The summed E-state index contributed by atoms with van der Waals surface area (Å²) in [5.74, 6) is 0. The number of hydrogen-bond acceptors (Lipinski definition) is 2. The summed E-state index contributed by atoms with van der Waals surface area (Å²) >= 11 is 0. The highest BCUT2D eigenvalue weighted by molar-refractivity contribution is 4.95. The monoisotopic (exact) mass is 210 g/mol. The Morgan fingerprint density at radius 1 is 1.27 bits per heavy atom. The summed E-state index contributed by atoms with van der Waals surface area (Å²) < 4.78 is 0. The Morgan fingerprint density at radius 2 is 2.00 bits per heavy atom. The van der Waals surface area contributed by atoms with Gasteiger partial charge in [-0.3, -0.25) is 0 Å². The third kappa shape index (κ3) is 2.94. The van der Waals surface area contributed by atoms with Gasteiger partial charge in [0, 0.05) is 18.6 Å². The van der Waals surface area contributed by atoms with Gasteiger partial charge in [0.25, 0.3) is 0 Å². The predicted octanol–water partition coefficient (Wildman–Crippen LogP) is 2.25. The van der Waals surface area contributed by atoms with Crippen LogP contribution in [-0.4, -0.2) is 36.6 Å². The van der Waals surface area contributed by atoms with Gasteiger partial charge in [-0.1, -0.05) is 13.8 Å². The zero-order valence-electron chi connectivity index (χ0n) is 10.6. The SMILES string of the molecule is CCC1(C)CN(CC2(C)CC2)CCCN1. The molecule has 2 heteroatoms. The van der Waals surface area contributed by atoms with Crippen molar-refractivity contribution < 1.29 is 0 Å². The van der Waals surface area contributed by atoms with Crippen molar-refractivity contribution in [1.29, 1.82) is 0 Å². The Morgan fingerprint density at radius 3 is 2.60 bits per heavy atom. The largest absolute Gasteiger partial charge is 0.310 e. The average Bonchev–Trinajstić information content (AvgIpc) is 2.93. The molecular weight excluding hydrogens is 184 g/mol. The van der Waals surface area contributed by atoms with E-state index >= 15 is 0 Å². The first-order valence-corrected chi connectivity index (χ1v) is 6.53. The number of hydrogen-bond donors (Lipinski definition) is 1. The van der Waals surface area contributed by atoms with E-state index in [2.05, 4.69) is 31.0 Å². The third-order valence-corrected chi connectivity index (χ3v) is 4.26. The maximum absolute atomic E-state index is 3.70. The van der Waals surface area contributed by atoms with E-state index in [1.165, 1.54) is 51.9 Å². The fourth-order valence-corrected chi connectivity index (χ4v) is 2.60. The lowest BCUT2D eigenvalue weighted by Crippen LogP contribution is -2.49. The van der Waals surface area contributed by atoms with Crippen molar-refractivity contribution in [2.45, 2.75) is 52.0 Å². The van der Waals surface area contributed by atoms with E-state index in [0.29, 0.717) is 11.0 Å². The fourth-order valence-electron chi connectivity index (χ4n) is 2.60. The van der Waals surface area contributed by atoms with Crippen LogP contribution >= 0.6 is 0 Å². The first-order chi connectivity index (χ1) is 7.05. The lowest BCUT2D eigenvalue weighted by molar-refractivity contribution is 0.186. The molecule has 0 amide bonds. The molecule has 88 valence electrons. The van der Waals surface area contributed by atoms with Gasteiger partial charge in [-0.15, -0.1) is 0 Å². The molecule has 0 aromatic carbocycles. The number of nitrogens with one attached hydrogen (secondary N) is 1. The van der Waals surface area contributed by atoms with E-state index in [-0.39, 0.29) is 0 Å². The van der Waals surface area contributed by atoms with Gasteiger partial charge in [0.15, 0.2) is 0 Å². The van der Waals surface area contributed by atoms with Crippen molar-refractivity contribution in [2.24, 2.45) is 5.41 Å². The summed E-state index contributed by atoms with van der Waals surface area (Å²) in [5.41, 5.74) is 1.01. The van der Waals surface area contributed by atoms with E-state index < -0.39 is 0 Å². The molecule has 1 aliphatic carbocycles. The van der Waals surface area contributed by atoms with Crippen LogP contribution in [0.15, 0.2) is 0 Å². The highest BCUT2D eigenvalue weighted by Gasteiger charge is 2.40. The summed E-state index contributed by atoms with van der Waals surface area (Å²) in [5, 5.41) is 3.70. The minimum Gasteiger partial charge on any atom is -0.310 e. The molecule has 0 radical (unpaired) electrons. The van der Waals surface area contributed by atoms with E-state index in [4.69, 9.17) is 0 Å². The lowest BCUT2D eigenvalue weighted by Gasteiger charge is -2.34. The van der Waals surface area contributed by atoms with Crippen LogP contribution in [0.4, 0.5) is 0 Å². The second kappa shape index (κ2) is 4.06. The zero-order valence-corrected chi connectivity index (χ0v) is 10.6. The summed E-state index contributed by atoms with van der Waals surface area (Å²) in [6, 6.07) is 0. The van der Waals surface area contributed by atoms with Crippen LogP contribution in [0.2, 0.25) is 0 Å². The Kier molecular flexibility index (Phi) is 3.09. The number of rotatable bonds is 3. The first-order valence-electron chi connectivity index (χ1n) is 6.53. The van der Waals surface area contributed by atoms with Crippen LogP contribution in [0.1, 0.15) is 46.5 Å². The fraction of sp³-hybridized carbons (Fsp3) is 1.00. The van der Waals surface area contributed by atoms with E-state index in [1.54, 1.807) is 0 Å². The molecule has 1 saturated heterocycles. The van der Waals surface area contributed by atoms with Crippen LogP contribution in [-0.2, 0) is 0 Å². The van der Waals surface area contributed by atoms with Crippen molar-refractivity contribution in [3.8, 4) is 0 Å². The van der Waals surface area contributed by atoms with Crippen LogP contribution in [0.5, 0.6) is 0 Å². The minimum absolute atomic E-state index is 0.349. The van der Waals surface area contributed by atoms with Gasteiger partial charge >= 0.3 is 0 Å². The zero-order chi connectivity index (χ0) is 10.9. The first kappa shape index (κ1) is 11.4. The van der Waals surface area contributed by atoms with E-state index in [1.807, 2.05) is 0 Å². The summed E-state index contributed by atoms with van der Waals surface area (Å²) in [6.45, 7) is 12.2. The van der Waals surface area contributed by atoms with E-state index in [9.17, 15) is 0 Å². The molecular formula is C13H26N2. The third-order valence-electron chi connectivity index (χ3n) is 4.26. The van der Waals surface area contributed by atoms with Crippen LogP contribution in [0.3, 0.4) is 0 Å². The molecule has 2 aliphatic rings. The standard InChI is InChI=1S/C13H26N2/c1-4-13(3)11-15(9-5-8-14-13)10-12(2)6-7-12/h14H,4-11H2,1-3H3. The molecule has 1 unspecified atom stereocenters. The van der Waals surface area contributed by atoms with Gasteiger partial charge in [0.1, 0.15) is 0 Å². The maximum Gasteiger partial charge on any atom is 0.0277 e. The predicted molar refractivity (Wildman–Crippen MR) is 65.1 cm³/mol. The van der Waals surface area contributed by atoms with Crippen molar-refractivity contribution in [3.05, 3.63) is 0 Å². The molecule has 1 aliphatic heterocycles. The topological polar surface area (TPSA) is 15.3 Å². The molecule has 1 saturated carbocycles. The van der Waals surface area contributed by atoms with Crippen molar-refractivity contribution >= 4 is 0 Å². The Hall–Kier alpha value is -0.0800. The summed E-state index contributed by atoms with van der Waals surface area (Å²) in [4.78, 5) is 2.69. The molecule has 1 atom stereocenters. The van der Waals surface area contributed by atoms with Crippen LogP contribution < -0.4 is 5.32 Å². The molecule has 0 aromatic rings. The molecule has 0 aromatic heterocycles. The van der Waals surface area contributed by atoms with Crippen LogP contribution in [0, 0.1) is 5.41 Å². The quantitative estimate of drug-likeness (QED) is 0.768. The van der Waals surface area contributed by atoms with Crippen molar-refractivity contribution in [1.82, 2.24) is 10.2 Å². The molecule has 2 nitrogen and oxygen atoms in total. The normalized spacial score (nSPS) is 36.2. The highest BCUT2D eigenvalue weighted by Crippen LogP contribution is 2.45. The molecule has 0 bridgehead atoms. The second-order valence-corrected chi connectivity index (χ2v) is 6.22. The lowest BCUT2D eigenvalue weighted by atomic mass is 9.98. The number of nitrogens with zero attached hydrogens (tertiary/aromatic N) is 1. The maximum atomic E-state index is 3.70. The van der Waals surface area contributed by atoms with E-state index in [0.717, 1.165) is 0 Å². The highest BCUT2D eigenvalue weighted by atomic mass is 15.2. The second-order valence-electron chi connectivity index (χ2n) is 6.22. The molecule has 1 heterocycles. The molecule has 15 heavy (non-hydrogen) atoms.